The fourth-order valence-electron chi connectivity index (χ4n) is 2.55. The third-order valence-corrected chi connectivity index (χ3v) is 4.93. The topological polar surface area (TPSA) is 21.6 Å². The van der Waals surface area contributed by atoms with Crippen LogP contribution < -0.4 is 4.74 Å². The largest absolute Gasteiger partial charge is 0.483 e. The first-order chi connectivity index (χ1) is 13.1. The van der Waals surface area contributed by atoms with Gasteiger partial charge >= 0.3 is 0 Å². The van der Waals surface area contributed by atoms with Crippen molar-refractivity contribution in [3.63, 3.8) is 0 Å². The number of hydrogen-bond donors (Lipinski definition) is 0. The van der Waals surface area contributed by atoms with Gasteiger partial charge in [-0.25, -0.2) is 9.38 Å². The summed E-state index contributed by atoms with van der Waals surface area (Å²) in [5, 5.41) is 0.579. The van der Waals surface area contributed by atoms with Crippen LogP contribution in [-0.4, -0.2) is 11.8 Å². The summed E-state index contributed by atoms with van der Waals surface area (Å²) in [7, 11) is 0. The summed E-state index contributed by atoms with van der Waals surface area (Å²) in [5.74, 6) is 0.296. The molecule has 2 aromatic carbocycles. The van der Waals surface area contributed by atoms with Crippen LogP contribution in [0.5, 0.6) is 5.75 Å². The quantitative estimate of drug-likeness (QED) is 0.394. The molecular formula is C23H26BrClFNO. The standard InChI is InChI=1S/C23H26BrClFNO/c1-15-13-17(26)14-18(24)22(15)28-16(2)20(11-8-12-23(3,4)5)27-21-10-7-6-9-19(21)25/h6-11,13-14,16H,12H2,1-5H3/b11-8+,27-20?. The van der Waals surface area contributed by atoms with E-state index in [1.165, 1.54) is 12.1 Å². The Labute approximate surface area is 180 Å². The normalized spacial score (nSPS) is 13.8. The Balaban J connectivity index is 2.37. The first-order valence-corrected chi connectivity index (χ1v) is 10.4. The van der Waals surface area contributed by atoms with Crippen molar-refractivity contribution in [3.05, 3.63) is 69.4 Å². The molecule has 5 heteroatoms. The average Bonchev–Trinajstić information content (AvgIpc) is 2.57. The van der Waals surface area contributed by atoms with Crippen LogP contribution in [0.1, 0.15) is 39.7 Å². The first-order valence-electron chi connectivity index (χ1n) is 9.19. The monoisotopic (exact) mass is 465 g/mol. The van der Waals surface area contributed by atoms with Gasteiger partial charge in [-0.2, -0.15) is 0 Å². The predicted octanol–water partition coefficient (Wildman–Crippen LogP) is 8.08. The van der Waals surface area contributed by atoms with Gasteiger partial charge in [0.2, 0.25) is 0 Å². The van der Waals surface area contributed by atoms with E-state index in [0.717, 1.165) is 17.7 Å². The molecule has 0 aromatic heterocycles. The number of aliphatic imine (C=N–C) groups is 1. The number of para-hydroxylation sites is 1. The Bertz CT molecular complexity index is 863. The molecule has 0 radical (unpaired) electrons. The Morgan fingerprint density at radius 3 is 2.57 bits per heavy atom. The van der Waals surface area contributed by atoms with Crippen molar-refractivity contribution in [1.29, 1.82) is 0 Å². The molecule has 2 aromatic rings. The summed E-state index contributed by atoms with van der Waals surface area (Å²) in [6.45, 7) is 10.3. The Hall–Kier alpha value is -1.65. The number of halogens is 3. The molecule has 0 fully saturated rings. The smallest absolute Gasteiger partial charge is 0.138 e. The molecule has 0 aliphatic heterocycles. The van der Waals surface area contributed by atoms with E-state index in [2.05, 4.69) is 42.8 Å². The van der Waals surface area contributed by atoms with Crippen molar-refractivity contribution in [1.82, 2.24) is 0 Å². The Morgan fingerprint density at radius 2 is 1.96 bits per heavy atom. The minimum Gasteiger partial charge on any atom is -0.483 e. The number of rotatable bonds is 6. The molecule has 1 unspecified atom stereocenters. The van der Waals surface area contributed by atoms with Gasteiger partial charge in [-0.1, -0.05) is 50.6 Å². The lowest BCUT2D eigenvalue weighted by atomic mass is 9.92. The summed E-state index contributed by atoms with van der Waals surface area (Å²) in [6.07, 6.45) is 4.63. The number of benzene rings is 2. The molecule has 2 nitrogen and oxygen atoms in total. The maximum atomic E-state index is 13.6. The van der Waals surface area contributed by atoms with E-state index in [9.17, 15) is 4.39 Å². The van der Waals surface area contributed by atoms with Gasteiger partial charge in [0.1, 0.15) is 17.7 Å². The zero-order valence-electron chi connectivity index (χ0n) is 16.9. The van der Waals surface area contributed by atoms with E-state index >= 15 is 0 Å². The van der Waals surface area contributed by atoms with Gasteiger partial charge in [-0.15, -0.1) is 0 Å². The molecule has 0 aliphatic rings. The van der Waals surface area contributed by atoms with Crippen molar-refractivity contribution in [2.45, 2.75) is 47.1 Å². The predicted molar refractivity (Wildman–Crippen MR) is 121 cm³/mol. The fourth-order valence-corrected chi connectivity index (χ4v) is 3.36. The van der Waals surface area contributed by atoms with E-state index in [4.69, 9.17) is 21.3 Å². The van der Waals surface area contributed by atoms with E-state index < -0.39 is 0 Å². The lowest BCUT2D eigenvalue weighted by Crippen LogP contribution is -2.23. The Kier molecular flexibility index (Phi) is 7.85. The molecule has 1 atom stereocenters. The van der Waals surface area contributed by atoms with Gasteiger partial charge in [-0.05, 0) is 77.5 Å². The molecule has 0 saturated heterocycles. The maximum Gasteiger partial charge on any atom is 0.138 e. The lowest BCUT2D eigenvalue weighted by molar-refractivity contribution is 0.283. The summed E-state index contributed by atoms with van der Waals surface area (Å²) in [4.78, 5) is 4.73. The average molecular weight is 467 g/mol. The van der Waals surface area contributed by atoms with Crippen LogP contribution in [0.4, 0.5) is 10.1 Å². The maximum absolute atomic E-state index is 13.6. The highest BCUT2D eigenvalue weighted by atomic mass is 79.9. The van der Waals surface area contributed by atoms with E-state index in [1.54, 1.807) is 0 Å². The molecule has 150 valence electrons. The number of ether oxygens (including phenoxy) is 1. The molecule has 0 bridgehead atoms. The molecule has 0 N–H and O–H groups in total. The van der Waals surface area contributed by atoms with Crippen LogP contribution in [-0.2, 0) is 0 Å². The minimum absolute atomic E-state index is 0.173. The fraction of sp³-hybridized carbons (Fsp3) is 0.348. The second-order valence-electron chi connectivity index (χ2n) is 7.95. The SMILES string of the molecule is Cc1cc(F)cc(Br)c1OC(C)C(/C=C/CC(C)(C)C)=Nc1ccccc1Cl. The highest BCUT2D eigenvalue weighted by molar-refractivity contribution is 9.10. The van der Waals surface area contributed by atoms with Crippen LogP contribution in [0.25, 0.3) is 0 Å². The zero-order valence-corrected chi connectivity index (χ0v) is 19.2. The third-order valence-electron chi connectivity index (χ3n) is 4.03. The highest BCUT2D eigenvalue weighted by Crippen LogP contribution is 2.32. The van der Waals surface area contributed by atoms with Gasteiger partial charge < -0.3 is 4.74 Å². The second-order valence-corrected chi connectivity index (χ2v) is 9.21. The van der Waals surface area contributed by atoms with Crippen molar-refractivity contribution in [2.24, 2.45) is 10.4 Å². The van der Waals surface area contributed by atoms with Crippen molar-refractivity contribution in [3.8, 4) is 5.75 Å². The van der Waals surface area contributed by atoms with Crippen LogP contribution in [0.2, 0.25) is 5.02 Å². The van der Waals surface area contributed by atoms with Gasteiger partial charge in [0.15, 0.2) is 0 Å². The van der Waals surface area contributed by atoms with Gasteiger partial charge in [-0.3, -0.25) is 0 Å². The number of hydrogen-bond acceptors (Lipinski definition) is 2. The van der Waals surface area contributed by atoms with E-state index in [-0.39, 0.29) is 17.3 Å². The van der Waals surface area contributed by atoms with Gasteiger partial charge in [0, 0.05) is 0 Å². The Morgan fingerprint density at radius 1 is 1.29 bits per heavy atom. The van der Waals surface area contributed by atoms with E-state index in [0.29, 0.717) is 20.9 Å². The highest BCUT2D eigenvalue weighted by Gasteiger charge is 2.16. The lowest BCUT2D eigenvalue weighted by Gasteiger charge is -2.19. The number of allylic oxidation sites excluding steroid dienone is 1. The minimum atomic E-state index is -0.354. The van der Waals surface area contributed by atoms with Crippen LogP contribution in [0, 0.1) is 18.2 Å². The molecule has 0 amide bonds. The van der Waals surface area contributed by atoms with E-state index in [1.807, 2.05) is 44.2 Å². The summed E-state index contributed by atoms with van der Waals surface area (Å²) in [5.41, 5.74) is 2.32. The number of aryl methyl sites for hydroxylation is 1. The molecule has 0 aliphatic carbocycles. The van der Waals surface area contributed by atoms with Crippen molar-refractivity contribution in [2.75, 3.05) is 0 Å². The van der Waals surface area contributed by atoms with Gasteiger partial charge in [0.05, 0.1) is 20.9 Å². The summed E-state index contributed by atoms with van der Waals surface area (Å²) < 4.78 is 20.3. The molecule has 0 spiro atoms. The van der Waals surface area contributed by atoms with Crippen molar-refractivity contribution >= 4 is 38.9 Å². The van der Waals surface area contributed by atoms with Crippen LogP contribution >= 0.6 is 27.5 Å². The van der Waals surface area contributed by atoms with Gasteiger partial charge in [0.25, 0.3) is 0 Å². The molecule has 28 heavy (non-hydrogen) atoms. The number of nitrogens with zero attached hydrogens (tertiary/aromatic N) is 1. The molecule has 0 saturated carbocycles. The molecule has 0 heterocycles. The van der Waals surface area contributed by atoms with Crippen LogP contribution in [0.3, 0.4) is 0 Å². The molecule has 2 rings (SSSR count). The zero-order chi connectivity index (χ0) is 20.9. The first kappa shape index (κ1) is 22.6. The molecular weight excluding hydrogens is 441 g/mol. The van der Waals surface area contributed by atoms with Crippen molar-refractivity contribution < 1.29 is 9.13 Å². The summed E-state index contributed by atoms with van der Waals surface area (Å²) in [6, 6.07) is 10.3. The van der Waals surface area contributed by atoms with Crippen LogP contribution in [0.15, 0.2) is 58.0 Å². The third kappa shape index (κ3) is 6.75. The second kappa shape index (κ2) is 9.71. The summed E-state index contributed by atoms with van der Waals surface area (Å²) >= 11 is 9.68.